The molecule has 0 fully saturated rings. The van der Waals surface area contributed by atoms with Crippen LogP contribution in [0.1, 0.15) is 29.9 Å². The predicted molar refractivity (Wildman–Crippen MR) is 111 cm³/mol. The van der Waals surface area contributed by atoms with Crippen molar-refractivity contribution in [1.29, 1.82) is 10.0 Å². The van der Waals surface area contributed by atoms with E-state index in [1.807, 2.05) is 0 Å². The van der Waals surface area contributed by atoms with Crippen LogP contribution in [0.5, 0.6) is 0 Å². The predicted octanol–water partition coefficient (Wildman–Crippen LogP) is 4.25. The van der Waals surface area contributed by atoms with Crippen molar-refractivity contribution < 1.29 is 31.7 Å². The first-order valence-corrected chi connectivity index (χ1v) is 11.3. The van der Waals surface area contributed by atoms with E-state index in [1.54, 1.807) is 6.07 Å². The summed E-state index contributed by atoms with van der Waals surface area (Å²) in [6.45, 7) is 0. The minimum absolute atomic E-state index is 0.0723. The van der Waals surface area contributed by atoms with Crippen LogP contribution >= 0.6 is 0 Å². The number of carboxylic acid groups (broad SMARTS) is 1. The number of halogens is 4. The topological polar surface area (TPSA) is 128 Å². The van der Waals surface area contributed by atoms with Gasteiger partial charge in [-0.1, -0.05) is 36.4 Å². The van der Waals surface area contributed by atoms with Gasteiger partial charge >= 0.3 is 12.1 Å². The highest BCUT2D eigenvalue weighted by atomic mass is 32.2. The number of rotatable bonds is 9. The molecule has 6 nitrogen and oxygen atoms in total. The number of hydrogen-bond acceptors (Lipinski definition) is 5. The summed E-state index contributed by atoms with van der Waals surface area (Å²) in [5.74, 6) is -5.12. The molecule has 172 valence electrons. The molecule has 0 spiro atoms. The number of nitriles is 1. The molecule has 2 unspecified atom stereocenters. The Morgan fingerprint density at radius 1 is 1.16 bits per heavy atom. The maximum absolute atomic E-state index is 14.3. The summed E-state index contributed by atoms with van der Waals surface area (Å²) in [5.41, 5.74) is 5.33. The molecule has 0 saturated heterocycles. The molecule has 0 aliphatic rings. The van der Waals surface area contributed by atoms with Gasteiger partial charge in [0, 0.05) is 26.8 Å². The maximum atomic E-state index is 14.3. The van der Waals surface area contributed by atoms with Gasteiger partial charge in [-0.3, -0.25) is 9.57 Å². The Morgan fingerprint density at radius 2 is 1.75 bits per heavy atom. The first kappa shape index (κ1) is 25.3. The second-order valence-electron chi connectivity index (χ2n) is 7.24. The van der Waals surface area contributed by atoms with Crippen LogP contribution in [0, 0.1) is 21.9 Å². The molecule has 2 rings (SSSR count). The number of nitrogens with zero attached hydrogens (tertiary/aromatic N) is 1. The Labute approximate surface area is 182 Å². The van der Waals surface area contributed by atoms with Gasteiger partial charge in [0.2, 0.25) is 0 Å². The second kappa shape index (κ2) is 10.1. The molecule has 0 heterocycles. The summed E-state index contributed by atoms with van der Waals surface area (Å²) in [4.78, 5) is 10.7. The normalized spacial score (nSPS) is 15.4. The molecule has 2 aromatic carbocycles. The first-order chi connectivity index (χ1) is 14.9. The van der Waals surface area contributed by atoms with Crippen LogP contribution < -0.4 is 5.73 Å². The summed E-state index contributed by atoms with van der Waals surface area (Å²) in [5, 5.41) is 17.7. The van der Waals surface area contributed by atoms with Gasteiger partial charge in [0.15, 0.2) is 0 Å². The van der Waals surface area contributed by atoms with E-state index in [4.69, 9.17) is 20.9 Å². The Balaban J connectivity index is 2.20. The highest BCUT2D eigenvalue weighted by Gasteiger charge is 2.40. The van der Waals surface area contributed by atoms with Gasteiger partial charge < -0.3 is 10.8 Å². The average molecular weight is 471 g/mol. The molecule has 0 bridgehead atoms. The van der Waals surface area contributed by atoms with Crippen molar-refractivity contribution >= 4 is 15.7 Å². The molecule has 3 atom stereocenters. The Bertz CT molecular complexity index is 1110. The molecular weight excluding hydrogens is 450 g/mol. The zero-order chi connectivity index (χ0) is 24.1. The van der Waals surface area contributed by atoms with Crippen LogP contribution in [0.2, 0.25) is 0 Å². The molecule has 11 heteroatoms. The largest absolute Gasteiger partial charge is 0.480 e. The van der Waals surface area contributed by atoms with Crippen LogP contribution in [0.3, 0.4) is 0 Å². The number of aliphatic carboxylic acids is 1. The van der Waals surface area contributed by atoms with E-state index in [0.29, 0.717) is 0 Å². The Kier molecular flexibility index (Phi) is 7.98. The van der Waals surface area contributed by atoms with Crippen LogP contribution in [-0.4, -0.2) is 39.0 Å². The van der Waals surface area contributed by atoms with E-state index in [1.165, 1.54) is 42.5 Å². The van der Waals surface area contributed by atoms with Crippen LogP contribution in [-0.2, 0) is 14.5 Å². The molecule has 0 aliphatic heterocycles. The molecular formula is C21H21F4N3O3S. The highest BCUT2D eigenvalue weighted by molar-refractivity contribution is 7.92. The number of nitrogens with two attached hydrogens (primary N) is 1. The number of carboxylic acids is 1. The lowest BCUT2D eigenvalue weighted by atomic mass is 9.93. The van der Waals surface area contributed by atoms with E-state index in [2.05, 4.69) is 0 Å². The quantitative estimate of drug-likeness (QED) is 0.471. The highest BCUT2D eigenvalue weighted by Crippen LogP contribution is 2.38. The average Bonchev–Trinajstić information content (AvgIpc) is 2.72. The summed E-state index contributed by atoms with van der Waals surface area (Å²) in [6, 6.07) is 9.48. The van der Waals surface area contributed by atoms with Crippen molar-refractivity contribution in [2.45, 2.75) is 31.0 Å². The van der Waals surface area contributed by atoms with E-state index in [9.17, 15) is 26.6 Å². The standard InChI is InChI=1S/C21H21F4N3O3S/c22-19-15(12-26)2-1-3-16(19)13-4-6-14(7-5-13)17(21(23,24)25)8-10-32(28,31)11-9-18(27)20(29)30/h1-7,17-18,28H,8-11,27H2,(H,29,30)/t17?,18-,32?/m0/s1. The number of hydrogen-bond donors (Lipinski definition) is 3. The molecule has 4 N–H and O–H groups in total. The fourth-order valence-corrected chi connectivity index (χ4v) is 4.56. The molecule has 0 saturated carbocycles. The number of alkyl halides is 3. The van der Waals surface area contributed by atoms with Gasteiger partial charge in [-0.15, -0.1) is 0 Å². The molecule has 0 radical (unpaired) electrons. The zero-order valence-corrected chi connectivity index (χ0v) is 17.5. The maximum Gasteiger partial charge on any atom is 0.395 e. The number of nitrogens with one attached hydrogen (secondary N) is 1. The number of benzene rings is 2. The summed E-state index contributed by atoms with van der Waals surface area (Å²) >= 11 is 0. The summed E-state index contributed by atoms with van der Waals surface area (Å²) in [7, 11) is -3.46. The van der Waals surface area contributed by atoms with E-state index in [0.717, 1.165) is 0 Å². The van der Waals surface area contributed by atoms with Crippen molar-refractivity contribution in [3.05, 3.63) is 59.4 Å². The monoisotopic (exact) mass is 471 g/mol. The second-order valence-corrected chi connectivity index (χ2v) is 9.68. The van der Waals surface area contributed by atoms with Gasteiger partial charge in [-0.05, 0) is 30.0 Å². The molecule has 0 amide bonds. The molecule has 2 aromatic rings. The van der Waals surface area contributed by atoms with Crippen molar-refractivity contribution in [2.75, 3.05) is 11.5 Å². The lowest BCUT2D eigenvalue weighted by Gasteiger charge is -2.22. The lowest BCUT2D eigenvalue weighted by molar-refractivity contribution is -0.150. The minimum Gasteiger partial charge on any atom is -0.480 e. The van der Waals surface area contributed by atoms with E-state index >= 15 is 0 Å². The summed E-state index contributed by atoms with van der Waals surface area (Å²) in [6.07, 6.45) is -5.59. The van der Waals surface area contributed by atoms with Gasteiger partial charge in [0.25, 0.3) is 0 Å². The van der Waals surface area contributed by atoms with Crippen molar-refractivity contribution in [1.82, 2.24) is 0 Å². The van der Waals surface area contributed by atoms with Gasteiger partial charge in [-0.25, -0.2) is 8.60 Å². The van der Waals surface area contributed by atoms with Crippen LogP contribution in [0.25, 0.3) is 11.1 Å². The van der Waals surface area contributed by atoms with E-state index < -0.39 is 57.6 Å². The van der Waals surface area contributed by atoms with Crippen molar-refractivity contribution in [3.8, 4) is 17.2 Å². The van der Waals surface area contributed by atoms with Gasteiger partial charge in [-0.2, -0.15) is 18.4 Å². The minimum atomic E-state index is -4.68. The smallest absolute Gasteiger partial charge is 0.395 e. The SMILES string of the molecule is N#Cc1cccc(-c2ccc(C(CCS(=N)(=O)CC[C@H](N)C(=O)O)C(F)(F)F)cc2)c1F. The molecule has 0 aliphatic carbocycles. The Hall–Kier alpha value is -2.97. The van der Waals surface area contributed by atoms with Crippen LogP contribution in [0.15, 0.2) is 42.5 Å². The number of carbonyl (C=O) groups is 1. The van der Waals surface area contributed by atoms with Crippen molar-refractivity contribution in [2.24, 2.45) is 5.73 Å². The van der Waals surface area contributed by atoms with Gasteiger partial charge in [0.1, 0.15) is 17.9 Å². The van der Waals surface area contributed by atoms with E-state index in [-0.39, 0.29) is 28.7 Å². The van der Waals surface area contributed by atoms with Gasteiger partial charge in [0.05, 0.1) is 11.5 Å². The third kappa shape index (κ3) is 6.51. The zero-order valence-electron chi connectivity index (χ0n) is 16.7. The lowest BCUT2D eigenvalue weighted by Crippen LogP contribution is -2.32. The third-order valence-electron chi connectivity index (χ3n) is 4.95. The first-order valence-electron chi connectivity index (χ1n) is 9.44. The fraction of sp³-hybridized carbons (Fsp3) is 0.333. The van der Waals surface area contributed by atoms with Crippen molar-refractivity contribution in [3.63, 3.8) is 0 Å². The fourth-order valence-electron chi connectivity index (χ4n) is 3.11. The third-order valence-corrected chi connectivity index (χ3v) is 6.74. The van der Waals surface area contributed by atoms with Crippen LogP contribution in [0.4, 0.5) is 17.6 Å². The molecule has 32 heavy (non-hydrogen) atoms. The Morgan fingerprint density at radius 3 is 2.28 bits per heavy atom. The summed E-state index contributed by atoms with van der Waals surface area (Å²) < 4.78 is 75.3. The molecule has 0 aromatic heterocycles.